The fourth-order valence-electron chi connectivity index (χ4n) is 2.23. The van der Waals surface area contributed by atoms with Gasteiger partial charge >= 0.3 is 0 Å². The molecule has 0 aliphatic carbocycles. The molecule has 0 unspecified atom stereocenters. The summed E-state index contributed by atoms with van der Waals surface area (Å²) >= 11 is 21.0. The molecule has 146 valence electrons. The summed E-state index contributed by atoms with van der Waals surface area (Å²) in [4.78, 5) is 1.14. The van der Waals surface area contributed by atoms with Gasteiger partial charge in [0, 0.05) is 44.0 Å². The van der Waals surface area contributed by atoms with E-state index in [1.54, 1.807) is 29.2 Å². The van der Waals surface area contributed by atoms with E-state index in [4.69, 9.17) is 44.3 Å². The number of fused-ring (bicyclic) bond motifs is 1. The van der Waals surface area contributed by atoms with Crippen LogP contribution >= 0.6 is 57.9 Å². The SMILES string of the molecule is CCOC(CSc1cccc(Cl)c1)OCC.Clc1cc(Cl)c2ccsc2c1. The number of rotatable bonds is 7. The van der Waals surface area contributed by atoms with E-state index in [-0.39, 0.29) is 6.29 Å². The predicted octanol–water partition coefficient (Wildman–Crippen LogP) is 8.04. The fourth-order valence-corrected chi connectivity index (χ4v) is 4.92. The van der Waals surface area contributed by atoms with Crippen molar-refractivity contribution in [2.45, 2.75) is 25.0 Å². The summed E-state index contributed by atoms with van der Waals surface area (Å²) in [7, 11) is 0. The summed E-state index contributed by atoms with van der Waals surface area (Å²) < 4.78 is 12.1. The summed E-state index contributed by atoms with van der Waals surface area (Å²) in [6.45, 7) is 5.27. The maximum Gasteiger partial charge on any atom is 0.166 e. The maximum absolute atomic E-state index is 5.93. The second-order valence-electron chi connectivity index (χ2n) is 5.33. The first-order chi connectivity index (χ1) is 13.0. The van der Waals surface area contributed by atoms with Gasteiger partial charge in [-0.05, 0) is 55.6 Å². The zero-order chi connectivity index (χ0) is 19.6. The Kier molecular flexibility index (Phi) is 10.3. The van der Waals surface area contributed by atoms with Gasteiger partial charge in [0.25, 0.3) is 0 Å². The molecule has 7 heteroatoms. The minimum Gasteiger partial charge on any atom is -0.352 e. The Morgan fingerprint density at radius 3 is 2.37 bits per heavy atom. The second kappa shape index (κ2) is 12.2. The molecule has 0 fully saturated rings. The average Bonchev–Trinajstić information content (AvgIpc) is 3.09. The van der Waals surface area contributed by atoms with Crippen molar-refractivity contribution >= 4 is 68.0 Å². The highest BCUT2D eigenvalue weighted by molar-refractivity contribution is 7.99. The van der Waals surface area contributed by atoms with Crippen LogP contribution in [0.5, 0.6) is 0 Å². The Morgan fingerprint density at radius 1 is 0.963 bits per heavy atom. The molecule has 3 rings (SSSR count). The Labute approximate surface area is 183 Å². The highest BCUT2D eigenvalue weighted by atomic mass is 35.5. The summed E-state index contributed by atoms with van der Waals surface area (Å²) in [6, 6.07) is 13.5. The van der Waals surface area contributed by atoms with Crippen molar-refractivity contribution in [3.8, 4) is 0 Å². The first-order valence-electron chi connectivity index (χ1n) is 8.47. The maximum atomic E-state index is 5.93. The Balaban J connectivity index is 0.000000206. The molecular formula is C20H21Cl3O2S2. The van der Waals surface area contributed by atoms with Crippen molar-refractivity contribution in [3.63, 3.8) is 0 Å². The van der Waals surface area contributed by atoms with Crippen molar-refractivity contribution in [2.24, 2.45) is 0 Å². The van der Waals surface area contributed by atoms with Crippen molar-refractivity contribution in [2.75, 3.05) is 19.0 Å². The quantitative estimate of drug-likeness (QED) is 0.261. The average molecular weight is 464 g/mol. The van der Waals surface area contributed by atoms with E-state index in [0.29, 0.717) is 18.2 Å². The lowest BCUT2D eigenvalue weighted by Gasteiger charge is -2.16. The Bertz CT molecular complexity index is 833. The predicted molar refractivity (Wildman–Crippen MR) is 121 cm³/mol. The smallest absolute Gasteiger partial charge is 0.166 e. The van der Waals surface area contributed by atoms with E-state index >= 15 is 0 Å². The number of thioether (sulfide) groups is 1. The molecule has 0 aliphatic rings. The van der Waals surface area contributed by atoms with Crippen LogP contribution in [0.25, 0.3) is 10.1 Å². The number of benzene rings is 2. The molecule has 3 aromatic rings. The number of ether oxygens (including phenoxy) is 2. The third-order valence-corrected chi connectivity index (χ3v) is 6.03. The first-order valence-corrected chi connectivity index (χ1v) is 11.5. The summed E-state index contributed by atoms with van der Waals surface area (Å²) in [5, 5.41) is 5.28. The highest BCUT2D eigenvalue weighted by Gasteiger charge is 2.08. The third-order valence-electron chi connectivity index (χ3n) is 3.37. The zero-order valence-corrected chi connectivity index (χ0v) is 19.0. The molecule has 2 nitrogen and oxygen atoms in total. The molecule has 0 N–H and O–H groups in total. The molecule has 2 aromatic carbocycles. The lowest BCUT2D eigenvalue weighted by molar-refractivity contribution is -0.120. The van der Waals surface area contributed by atoms with Gasteiger partial charge in [0.2, 0.25) is 0 Å². The molecular weight excluding hydrogens is 443 g/mol. The Hall–Kier alpha value is -0.460. The molecule has 0 saturated heterocycles. The van der Waals surface area contributed by atoms with E-state index in [9.17, 15) is 0 Å². The first kappa shape index (κ1) is 22.8. The zero-order valence-electron chi connectivity index (χ0n) is 15.1. The fraction of sp³-hybridized carbons (Fsp3) is 0.300. The van der Waals surface area contributed by atoms with Crippen LogP contribution in [-0.2, 0) is 9.47 Å². The molecule has 0 radical (unpaired) electrons. The van der Waals surface area contributed by atoms with Crippen LogP contribution < -0.4 is 0 Å². The molecule has 0 aliphatic heterocycles. The minimum atomic E-state index is -0.140. The van der Waals surface area contributed by atoms with Crippen molar-refractivity contribution in [3.05, 3.63) is 62.9 Å². The standard InChI is InChI=1S/C12H17ClO2S.C8H4Cl2S/c1-3-14-12(15-4-2)9-16-11-7-5-6-10(13)8-11;9-5-3-7(10)6-1-2-11-8(6)4-5/h5-8,12H,3-4,9H2,1-2H3;1-4H. The largest absolute Gasteiger partial charge is 0.352 e. The van der Waals surface area contributed by atoms with E-state index in [1.165, 1.54) is 0 Å². The van der Waals surface area contributed by atoms with Gasteiger partial charge in [-0.25, -0.2) is 0 Å². The molecule has 0 bridgehead atoms. The van der Waals surface area contributed by atoms with Crippen LogP contribution in [-0.4, -0.2) is 25.3 Å². The van der Waals surface area contributed by atoms with Crippen LogP contribution in [0, 0.1) is 0 Å². The molecule has 0 saturated carbocycles. The van der Waals surface area contributed by atoms with Crippen LogP contribution in [0.1, 0.15) is 13.8 Å². The van der Waals surface area contributed by atoms with E-state index in [1.807, 2.05) is 55.6 Å². The summed E-state index contributed by atoms with van der Waals surface area (Å²) in [6.07, 6.45) is -0.140. The Morgan fingerprint density at radius 2 is 1.70 bits per heavy atom. The number of thiophene rings is 1. The van der Waals surface area contributed by atoms with Crippen molar-refractivity contribution < 1.29 is 9.47 Å². The monoisotopic (exact) mass is 462 g/mol. The number of hydrogen-bond donors (Lipinski definition) is 0. The molecule has 1 aromatic heterocycles. The van der Waals surface area contributed by atoms with Gasteiger partial charge in [0.1, 0.15) is 0 Å². The normalized spacial score (nSPS) is 10.9. The molecule has 27 heavy (non-hydrogen) atoms. The van der Waals surface area contributed by atoms with Crippen LogP contribution in [0.3, 0.4) is 0 Å². The van der Waals surface area contributed by atoms with Crippen LogP contribution in [0.4, 0.5) is 0 Å². The van der Waals surface area contributed by atoms with E-state index < -0.39 is 0 Å². The van der Waals surface area contributed by atoms with Gasteiger partial charge < -0.3 is 9.47 Å². The third kappa shape index (κ3) is 7.82. The molecule has 0 spiro atoms. The van der Waals surface area contributed by atoms with Gasteiger partial charge in [-0.2, -0.15) is 0 Å². The lowest BCUT2D eigenvalue weighted by Crippen LogP contribution is -2.19. The van der Waals surface area contributed by atoms with Crippen LogP contribution in [0.15, 0.2) is 52.7 Å². The van der Waals surface area contributed by atoms with Gasteiger partial charge in [0.15, 0.2) is 6.29 Å². The van der Waals surface area contributed by atoms with E-state index in [0.717, 1.165) is 30.8 Å². The number of halogens is 3. The van der Waals surface area contributed by atoms with E-state index in [2.05, 4.69) is 0 Å². The van der Waals surface area contributed by atoms with Gasteiger partial charge in [0.05, 0.1) is 5.02 Å². The molecule has 0 amide bonds. The van der Waals surface area contributed by atoms with Gasteiger partial charge in [-0.1, -0.05) is 40.9 Å². The van der Waals surface area contributed by atoms with Gasteiger partial charge in [-0.3, -0.25) is 0 Å². The lowest BCUT2D eigenvalue weighted by atomic mass is 10.3. The van der Waals surface area contributed by atoms with Gasteiger partial charge in [-0.15, -0.1) is 23.1 Å². The minimum absolute atomic E-state index is 0.140. The summed E-state index contributed by atoms with van der Waals surface area (Å²) in [5.41, 5.74) is 0. The topological polar surface area (TPSA) is 18.5 Å². The molecule has 1 heterocycles. The van der Waals surface area contributed by atoms with Crippen LogP contribution in [0.2, 0.25) is 15.1 Å². The highest BCUT2D eigenvalue weighted by Crippen LogP contribution is 2.31. The number of hydrogen-bond acceptors (Lipinski definition) is 4. The second-order valence-corrected chi connectivity index (χ2v) is 8.65. The molecule has 0 atom stereocenters. The van der Waals surface area contributed by atoms with Crippen molar-refractivity contribution in [1.29, 1.82) is 0 Å². The summed E-state index contributed by atoms with van der Waals surface area (Å²) in [5.74, 6) is 0.780. The van der Waals surface area contributed by atoms with Crippen molar-refractivity contribution in [1.82, 2.24) is 0 Å².